The van der Waals surface area contributed by atoms with Gasteiger partial charge in [0.15, 0.2) is 5.82 Å². The fraction of sp³-hybridized carbons (Fsp3) is 0.348. The number of carbonyl (C=O) groups is 2. The third-order valence-corrected chi connectivity index (χ3v) is 5.72. The lowest BCUT2D eigenvalue weighted by molar-refractivity contribution is -0.123. The maximum atomic E-state index is 12.6. The van der Waals surface area contributed by atoms with Crippen LogP contribution in [-0.2, 0) is 9.59 Å². The van der Waals surface area contributed by atoms with Gasteiger partial charge >= 0.3 is 0 Å². The molecule has 2 aromatic rings. The predicted molar refractivity (Wildman–Crippen MR) is 118 cm³/mol. The topological polar surface area (TPSA) is 76.0 Å². The third kappa shape index (κ3) is 4.49. The van der Waals surface area contributed by atoms with Crippen molar-refractivity contribution in [2.45, 2.75) is 38.5 Å². The van der Waals surface area contributed by atoms with Crippen molar-refractivity contribution >= 4 is 29.2 Å². The summed E-state index contributed by atoms with van der Waals surface area (Å²) in [7, 11) is 0. The Labute approximate surface area is 181 Å². The lowest BCUT2D eigenvalue weighted by Crippen LogP contribution is -2.24. The second-order valence-corrected chi connectivity index (χ2v) is 8.21. The number of amides is 2. The third-order valence-electron chi connectivity index (χ3n) is 5.46. The zero-order valence-electron chi connectivity index (χ0n) is 16.9. The standard InChI is InChI=1S/C23H25ClN4O2/c1-2-4-15-5-3-6-16(11-15)20-13-21(26-23(30)17-12-22(29)25-14-17)27-28(20)19-9-7-18(24)8-10-19/h3,5,7-11,13,16-17H,2,4,6,12,14H2,1H3,(H,25,29)(H,26,27,30). The van der Waals surface area contributed by atoms with Gasteiger partial charge in [0.1, 0.15) is 0 Å². The van der Waals surface area contributed by atoms with Crippen LogP contribution in [0.2, 0.25) is 5.02 Å². The second kappa shape index (κ2) is 8.88. The van der Waals surface area contributed by atoms with Gasteiger partial charge < -0.3 is 10.6 Å². The Hall–Kier alpha value is -2.86. The quantitative estimate of drug-likeness (QED) is 0.722. The van der Waals surface area contributed by atoms with E-state index < -0.39 is 0 Å². The Kier molecular flexibility index (Phi) is 6.04. The van der Waals surface area contributed by atoms with Crippen molar-refractivity contribution in [3.05, 3.63) is 64.8 Å². The molecule has 6 nitrogen and oxygen atoms in total. The minimum Gasteiger partial charge on any atom is -0.355 e. The molecule has 4 rings (SSSR count). The molecule has 1 aliphatic heterocycles. The van der Waals surface area contributed by atoms with E-state index in [2.05, 4.69) is 40.9 Å². The summed E-state index contributed by atoms with van der Waals surface area (Å²) in [5, 5.41) is 10.9. The first kappa shape index (κ1) is 20.4. The van der Waals surface area contributed by atoms with Gasteiger partial charge in [-0.15, -0.1) is 5.10 Å². The van der Waals surface area contributed by atoms with Gasteiger partial charge in [-0.2, -0.15) is 0 Å². The molecule has 1 aliphatic carbocycles. The van der Waals surface area contributed by atoms with Crippen molar-refractivity contribution in [2.75, 3.05) is 11.9 Å². The van der Waals surface area contributed by atoms with Crippen molar-refractivity contribution in [2.24, 2.45) is 5.92 Å². The van der Waals surface area contributed by atoms with Crippen LogP contribution < -0.4 is 10.6 Å². The van der Waals surface area contributed by atoms with E-state index >= 15 is 0 Å². The number of benzene rings is 1. The van der Waals surface area contributed by atoms with E-state index in [0.717, 1.165) is 30.6 Å². The lowest BCUT2D eigenvalue weighted by Gasteiger charge is -2.18. The molecule has 0 radical (unpaired) electrons. The zero-order valence-corrected chi connectivity index (χ0v) is 17.7. The number of carbonyl (C=O) groups excluding carboxylic acids is 2. The molecule has 0 saturated carbocycles. The Bertz CT molecular complexity index is 1010. The number of aromatic nitrogens is 2. The van der Waals surface area contributed by atoms with Gasteiger partial charge in [-0.1, -0.05) is 48.7 Å². The number of allylic oxidation sites excluding steroid dienone is 4. The van der Waals surface area contributed by atoms with E-state index in [1.54, 1.807) is 0 Å². The van der Waals surface area contributed by atoms with Gasteiger partial charge in [-0.05, 0) is 37.1 Å². The van der Waals surface area contributed by atoms with Crippen LogP contribution in [0.4, 0.5) is 5.82 Å². The molecule has 0 bridgehead atoms. The average molecular weight is 425 g/mol. The molecule has 1 saturated heterocycles. The normalized spacial score (nSPS) is 20.7. The number of hydrogen-bond acceptors (Lipinski definition) is 3. The van der Waals surface area contributed by atoms with Crippen molar-refractivity contribution in [3.8, 4) is 5.69 Å². The van der Waals surface area contributed by atoms with Crippen LogP contribution in [0.5, 0.6) is 0 Å². The first-order valence-electron chi connectivity index (χ1n) is 10.3. The lowest BCUT2D eigenvalue weighted by atomic mass is 9.91. The Morgan fingerprint density at radius 1 is 1.33 bits per heavy atom. The fourth-order valence-electron chi connectivity index (χ4n) is 3.94. The molecule has 2 amide bonds. The van der Waals surface area contributed by atoms with Crippen molar-refractivity contribution < 1.29 is 9.59 Å². The number of hydrogen-bond donors (Lipinski definition) is 2. The molecule has 2 heterocycles. The average Bonchev–Trinajstić information content (AvgIpc) is 3.36. The summed E-state index contributed by atoms with van der Waals surface area (Å²) < 4.78 is 1.87. The van der Waals surface area contributed by atoms with Crippen LogP contribution in [0, 0.1) is 5.92 Å². The molecule has 0 spiro atoms. The summed E-state index contributed by atoms with van der Waals surface area (Å²) >= 11 is 6.06. The summed E-state index contributed by atoms with van der Waals surface area (Å²) in [6.07, 6.45) is 9.90. The second-order valence-electron chi connectivity index (χ2n) is 7.77. The highest BCUT2D eigenvalue weighted by Gasteiger charge is 2.29. The molecular formula is C23H25ClN4O2. The molecule has 2 unspecified atom stereocenters. The van der Waals surface area contributed by atoms with Crippen LogP contribution in [-0.4, -0.2) is 28.1 Å². The van der Waals surface area contributed by atoms with Crippen LogP contribution in [0.3, 0.4) is 0 Å². The first-order valence-corrected chi connectivity index (χ1v) is 10.7. The predicted octanol–water partition coefficient (Wildman–Crippen LogP) is 4.37. The molecule has 1 fully saturated rings. The molecule has 2 N–H and O–H groups in total. The van der Waals surface area contributed by atoms with E-state index in [9.17, 15) is 9.59 Å². The van der Waals surface area contributed by atoms with E-state index in [1.165, 1.54) is 5.57 Å². The van der Waals surface area contributed by atoms with Crippen LogP contribution in [0.25, 0.3) is 5.69 Å². The highest BCUT2D eigenvalue weighted by atomic mass is 35.5. The van der Waals surface area contributed by atoms with Gasteiger partial charge in [0.2, 0.25) is 11.8 Å². The number of anilines is 1. The minimum absolute atomic E-state index is 0.0925. The number of nitrogens with one attached hydrogen (secondary N) is 2. The summed E-state index contributed by atoms with van der Waals surface area (Å²) in [4.78, 5) is 24.0. The summed E-state index contributed by atoms with van der Waals surface area (Å²) in [5.41, 5.74) is 3.21. The van der Waals surface area contributed by atoms with Crippen molar-refractivity contribution in [1.29, 1.82) is 0 Å². The number of halogens is 1. The molecule has 30 heavy (non-hydrogen) atoms. The minimum atomic E-state index is -0.365. The smallest absolute Gasteiger partial charge is 0.230 e. The van der Waals surface area contributed by atoms with E-state index in [1.807, 2.05) is 35.0 Å². The molecule has 2 aliphatic rings. The Morgan fingerprint density at radius 3 is 2.83 bits per heavy atom. The van der Waals surface area contributed by atoms with Gasteiger partial charge in [-0.3, -0.25) is 9.59 Å². The fourth-order valence-corrected chi connectivity index (χ4v) is 4.06. The van der Waals surface area contributed by atoms with Gasteiger partial charge in [0.25, 0.3) is 0 Å². The van der Waals surface area contributed by atoms with E-state index in [0.29, 0.717) is 17.4 Å². The van der Waals surface area contributed by atoms with Gasteiger partial charge in [-0.25, -0.2) is 4.68 Å². The maximum absolute atomic E-state index is 12.6. The van der Waals surface area contributed by atoms with E-state index in [-0.39, 0.29) is 30.1 Å². The van der Waals surface area contributed by atoms with Gasteiger partial charge in [0.05, 0.1) is 17.3 Å². The summed E-state index contributed by atoms with van der Waals surface area (Å²) in [5.74, 6) is 0.0104. The molecule has 156 valence electrons. The summed E-state index contributed by atoms with van der Waals surface area (Å²) in [6.45, 7) is 2.54. The molecule has 1 aromatic heterocycles. The Balaban J connectivity index is 1.65. The molecule has 7 heteroatoms. The highest BCUT2D eigenvalue weighted by Crippen LogP contribution is 2.32. The number of rotatable bonds is 6. The highest BCUT2D eigenvalue weighted by molar-refractivity contribution is 6.30. The molecule has 1 aromatic carbocycles. The van der Waals surface area contributed by atoms with Gasteiger partial charge in [0, 0.05) is 30.0 Å². The van der Waals surface area contributed by atoms with Crippen LogP contribution in [0.15, 0.2) is 54.1 Å². The van der Waals surface area contributed by atoms with Crippen LogP contribution >= 0.6 is 11.6 Å². The summed E-state index contributed by atoms with van der Waals surface area (Å²) in [6, 6.07) is 9.42. The van der Waals surface area contributed by atoms with Crippen molar-refractivity contribution in [1.82, 2.24) is 15.1 Å². The Morgan fingerprint density at radius 2 is 2.13 bits per heavy atom. The maximum Gasteiger partial charge on any atom is 0.230 e. The number of nitrogens with zero attached hydrogens (tertiary/aromatic N) is 2. The van der Waals surface area contributed by atoms with Crippen molar-refractivity contribution in [3.63, 3.8) is 0 Å². The zero-order chi connectivity index (χ0) is 21.1. The van der Waals surface area contributed by atoms with Crippen LogP contribution in [0.1, 0.15) is 44.2 Å². The largest absolute Gasteiger partial charge is 0.355 e. The molecular weight excluding hydrogens is 400 g/mol. The van der Waals surface area contributed by atoms with E-state index in [4.69, 9.17) is 11.6 Å². The first-order chi connectivity index (χ1) is 14.5. The molecule has 2 atom stereocenters. The SMILES string of the molecule is CCCC1=CC(c2cc(NC(=O)C3CNC(=O)C3)nn2-c2ccc(Cl)cc2)CC=C1. The monoisotopic (exact) mass is 424 g/mol.